The standard InChI is InChI=1S/C11H13N3OS/c1-2-8-3-4-9(15-8)5-7-6-13-11(16)14-10(7)12/h3-4,6H,2,5H2,1H3,(H3,12,13,14,16). The number of nitrogen functional groups attached to an aromatic ring is 1. The molecule has 0 saturated carbocycles. The number of hydrogen-bond acceptors (Lipinski definition) is 5. The van der Waals surface area contributed by atoms with Gasteiger partial charge in [0.25, 0.3) is 0 Å². The molecule has 84 valence electrons. The van der Waals surface area contributed by atoms with Crippen molar-refractivity contribution in [1.29, 1.82) is 0 Å². The third kappa shape index (κ3) is 2.36. The number of aryl methyl sites for hydroxylation is 1. The molecular weight excluding hydrogens is 222 g/mol. The Hall–Kier alpha value is -1.49. The fourth-order valence-electron chi connectivity index (χ4n) is 1.44. The highest BCUT2D eigenvalue weighted by Gasteiger charge is 2.06. The number of nitrogens with zero attached hydrogens (tertiary/aromatic N) is 2. The molecule has 0 bridgehead atoms. The molecule has 0 saturated heterocycles. The van der Waals surface area contributed by atoms with Crippen molar-refractivity contribution in [3.8, 4) is 0 Å². The van der Waals surface area contributed by atoms with Crippen molar-refractivity contribution in [3.63, 3.8) is 0 Å². The van der Waals surface area contributed by atoms with E-state index in [1.165, 1.54) is 0 Å². The van der Waals surface area contributed by atoms with Gasteiger partial charge in [0, 0.05) is 24.6 Å². The molecule has 0 unspecified atom stereocenters. The Kier molecular flexibility index (Phi) is 3.14. The average molecular weight is 235 g/mol. The van der Waals surface area contributed by atoms with Gasteiger partial charge in [-0.25, -0.2) is 9.97 Å². The van der Waals surface area contributed by atoms with Gasteiger partial charge in [-0.1, -0.05) is 6.92 Å². The van der Waals surface area contributed by atoms with Gasteiger partial charge in [0.05, 0.1) is 0 Å². The molecule has 0 radical (unpaired) electrons. The van der Waals surface area contributed by atoms with Crippen molar-refractivity contribution in [1.82, 2.24) is 9.97 Å². The fourth-order valence-corrected chi connectivity index (χ4v) is 1.61. The smallest absolute Gasteiger partial charge is 0.186 e. The van der Waals surface area contributed by atoms with Crippen LogP contribution in [-0.4, -0.2) is 9.97 Å². The highest BCUT2D eigenvalue weighted by Crippen LogP contribution is 2.17. The van der Waals surface area contributed by atoms with Crippen LogP contribution in [0.4, 0.5) is 5.82 Å². The zero-order valence-corrected chi connectivity index (χ0v) is 9.87. The SMILES string of the molecule is CCc1ccc(Cc2cnc(S)nc2N)o1. The van der Waals surface area contributed by atoms with Crippen LogP contribution in [0.1, 0.15) is 24.0 Å². The first-order valence-corrected chi connectivity index (χ1v) is 5.51. The van der Waals surface area contributed by atoms with Crippen LogP contribution in [0.3, 0.4) is 0 Å². The predicted molar refractivity (Wildman–Crippen MR) is 64.6 cm³/mol. The normalized spacial score (nSPS) is 10.6. The summed E-state index contributed by atoms with van der Waals surface area (Å²) in [7, 11) is 0. The summed E-state index contributed by atoms with van der Waals surface area (Å²) >= 11 is 4.02. The molecule has 2 N–H and O–H groups in total. The second-order valence-electron chi connectivity index (χ2n) is 3.48. The Morgan fingerprint density at radius 3 is 2.75 bits per heavy atom. The fraction of sp³-hybridized carbons (Fsp3) is 0.273. The van der Waals surface area contributed by atoms with Gasteiger partial charge in [-0.15, -0.1) is 12.6 Å². The van der Waals surface area contributed by atoms with E-state index >= 15 is 0 Å². The number of thiol groups is 1. The molecule has 0 amide bonds. The van der Waals surface area contributed by atoms with Crippen molar-refractivity contribution in [2.45, 2.75) is 24.9 Å². The van der Waals surface area contributed by atoms with Gasteiger partial charge in [0.2, 0.25) is 0 Å². The summed E-state index contributed by atoms with van der Waals surface area (Å²) in [6, 6.07) is 3.92. The minimum atomic E-state index is 0.384. The van der Waals surface area contributed by atoms with Gasteiger partial charge in [-0.3, -0.25) is 0 Å². The van der Waals surface area contributed by atoms with Crippen LogP contribution in [0.15, 0.2) is 27.9 Å². The van der Waals surface area contributed by atoms with Gasteiger partial charge >= 0.3 is 0 Å². The lowest BCUT2D eigenvalue weighted by molar-refractivity contribution is 0.478. The van der Waals surface area contributed by atoms with Gasteiger partial charge < -0.3 is 10.2 Å². The van der Waals surface area contributed by atoms with Gasteiger partial charge in [0.1, 0.15) is 17.3 Å². The summed E-state index contributed by atoms with van der Waals surface area (Å²) in [4.78, 5) is 7.98. The monoisotopic (exact) mass is 235 g/mol. The first-order chi connectivity index (χ1) is 7.69. The van der Waals surface area contributed by atoms with E-state index in [0.29, 0.717) is 17.4 Å². The van der Waals surface area contributed by atoms with Crippen LogP contribution >= 0.6 is 12.6 Å². The molecule has 2 aromatic heterocycles. The molecule has 0 aliphatic heterocycles. The zero-order valence-electron chi connectivity index (χ0n) is 8.97. The predicted octanol–water partition coefficient (Wildman–Crippen LogP) is 2.09. The van der Waals surface area contributed by atoms with E-state index in [4.69, 9.17) is 10.2 Å². The molecule has 4 nitrogen and oxygen atoms in total. The van der Waals surface area contributed by atoms with Gasteiger partial charge in [-0.2, -0.15) is 0 Å². The zero-order chi connectivity index (χ0) is 11.5. The number of rotatable bonds is 3. The summed E-state index contributed by atoms with van der Waals surface area (Å²) in [6.45, 7) is 2.05. The van der Waals surface area contributed by atoms with Crippen molar-refractivity contribution < 1.29 is 4.42 Å². The van der Waals surface area contributed by atoms with E-state index in [0.717, 1.165) is 23.5 Å². The maximum atomic E-state index is 5.77. The molecule has 0 aliphatic carbocycles. The van der Waals surface area contributed by atoms with Crippen molar-refractivity contribution >= 4 is 18.4 Å². The van der Waals surface area contributed by atoms with Crippen molar-refractivity contribution in [3.05, 3.63) is 35.4 Å². The molecule has 5 heteroatoms. The van der Waals surface area contributed by atoms with Crippen LogP contribution in [0, 0.1) is 0 Å². The number of hydrogen-bond donors (Lipinski definition) is 2. The Labute approximate surface area is 99.3 Å². The lowest BCUT2D eigenvalue weighted by atomic mass is 10.2. The lowest BCUT2D eigenvalue weighted by Gasteiger charge is -2.02. The van der Waals surface area contributed by atoms with E-state index in [9.17, 15) is 0 Å². The molecule has 2 heterocycles. The minimum Gasteiger partial charge on any atom is -0.466 e. The molecular formula is C11H13N3OS. The topological polar surface area (TPSA) is 64.9 Å². The van der Waals surface area contributed by atoms with Gasteiger partial charge in [-0.05, 0) is 12.1 Å². The molecule has 0 aliphatic rings. The molecule has 0 aromatic carbocycles. The van der Waals surface area contributed by atoms with Crippen molar-refractivity contribution in [2.75, 3.05) is 5.73 Å². The van der Waals surface area contributed by atoms with E-state index < -0.39 is 0 Å². The maximum absolute atomic E-state index is 5.77. The lowest BCUT2D eigenvalue weighted by Crippen LogP contribution is -2.00. The summed E-state index contributed by atoms with van der Waals surface area (Å²) in [5, 5.41) is 0.384. The van der Waals surface area contributed by atoms with E-state index in [2.05, 4.69) is 29.5 Å². The molecule has 2 rings (SSSR count). The quantitative estimate of drug-likeness (QED) is 0.631. The Bertz CT molecular complexity index is 496. The number of furan rings is 1. The molecule has 0 atom stereocenters. The summed E-state index contributed by atoms with van der Waals surface area (Å²) in [5.41, 5.74) is 6.62. The largest absolute Gasteiger partial charge is 0.466 e. The highest BCUT2D eigenvalue weighted by molar-refractivity contribution is 7.80. The Balaban J connectivity index is 2.20. The number of nitrogens with two attached hydrogens (primary N) is 1. The van der Waals surface area contributed by atoms with Crippen LogP contribution in [0.2, 0.25) is 0 Å². The molecule has 0 spiro atoms. The summed E-state index contributed by atoms with van der Waals surface area (Å²) in [6.07, 6.45) is 3.18. The van der Waals surface area contributed by atoms with Crippen LogP contribution in [0.25, 0.3) is 0 Å². The van der Waals surface area contributed by atoms with Crippen LogP contribution < -0.4 is 5.73 Å². The minimum absolute atomic E-state index is 0.384. The molecule has 2 aromatic rings. The summed E-state index contributed by atoms with van der Waals surface area (Å²) in [5.74, 6) is 2.30. The van der Waals surface area contributed by atoms with Gasteiger partial charge in [0.15, 0.2) is 5.16 Å². The first-order valence-electron chi connectivity index (χ1n) is 5.07. The van der Waals surface area contributed by atoms with E-state index in [-0.39, 0.29) is 0 Å². The molecule has 16 heavy (non-hydrogen) atoms. The Morgan fingerprint density at radius 1 is 1.38 bits per heavy atom. The number of aromatic nitrogens is 2. The second kappa shape index (κ2) is 4.57. The number of anilines is 1. The second-order valence-corrected chi connectivity index (χ2v) is 3.88. The first kappa shape index (κ1) is 11.0. The van der Waals surface area contributed by atoms with Crippen molar-refractivity contribution in [2.24, 2.45) is 0 Å². The van der Waals surface area contributed by atoms with E-state index in [1.807, 2.05) is 12.1 Å². The third-order valence-electron chi connectivity index (χ3n) is 2.32. The summed E-state index contributed by atoms with van der Waals surface area (Å²) < 4.78 is 5.59. The third-order valence-corrected chi connectivity index (χ3v) is 2.53. The Morgan fingerprint density at radius 2 is 2.12 bits per heavy atom. The highest BCUT2D eigenvalue weighted by atomic mass is 32.1. The van der Waals surface area contributed by atoms with E-state index in [1.54, 1.807) is 6.20 Å². The maximum Gasteiger partial charge on any atom is 0.186 e. The average Bonchev–Trinajstić information content (AvgIpc) is 2.70. The van der Waals surface area contributed by atoms with Crippen LogP contribution in [-0.2, 0) is 12.8 Å². The van der Waals surface area contributed by atoms with Crippen LogP contribution in [0.5, 0.6) is 0 Å². The molecule has 0 fully saturated rings.